The molecule has 2 heterocycles. The lowest BCUT2D eigenvalue weighted by Crippen LogP contribution is -2.15. The summed E-state index contributed by atoms with van der Waals surface area (Å²) in [5.74, 6) is 0.202. The lowest BCUT2D eigenvalue weighted by molar-refractivity contribution is -0.116. The molecule has 2 aromatic heterocycles. The van der Waals surface area contributed by atoms with Gasteiger partial charge in [-0.2, -0.15) is 5.10 Å². The van der Waals surface area contributed by atoms with Crippen LogP contribution < -0.4 is 10.6 Å². The topological polar surface area (TPSA) is 130 Å². The summed E-state index contributed by atoms with van der Waals surface area (Å²) in [4.78, 5) is 23.8. The van der Waals surface area contributed by atoms with Gasteiger partial charge in [0.1, 0.15) is 10.8 Å². The predicted octanol–water partition coefficient (Wildman–Crippen LogP) is 3.69. The number of anilines is 2. The van der Waals surface area contributed by atoms with Gasteiger partial charge in [-0.25, -0.2) is 0 Å². The molecule has 172 valence electrons. The average molecular weight is 467 g/mol. The Morgan fingerprint density at radius 2 is 1.85 bits per heavy atom. The molecule has 1 aromatic carbocycles. The van der Waals surface area contributed by atoms with Gasteiger partial charge in [0.15, 0.2) is 5.82 Å². The third kappa shape index (κ3) is 8.41. The molecule has 3 rings (SSSR count). The number of benzene rings is 1. The van der Waals surface area contributed by atoms with E-state index in [1.165, 1.54) is 11.3 Å². The zero-order chi connectivity index (χ0) is 23.5. The Hall–Kier alpha value is -3.66. The quantitative estimate of drug-likeness (QED) is 0.274. The molecule has 0 spiro atoms. The number of unbranched alkanes of at least 4 members (excludes halogenated alkanes) is 1. The van der Waals surface area contributed by atoms with Gasteiger partial charge in [-0.1, -0.05) is 29.5 Å². The van der Waals surface area contributed by atoms with Crippen molar-refractivity contribution in [1.82, 2.24) is 20.4 Å². The SMILES string of the molecule is C=CCCC(=O)Nc1nnc(CCCCc2ccc(NC(=O)Cc3cccc(O)c3)nn2)s1. The monoisotopic (exact) mass is 466 g/mol. The highest BCUT2D eigenvalue weighted by Crippen LogP contribution is 2.18. The molecule has 0 atom stereocenters. The van der Waals surface area contributed by atoms with Crippen molar-refractivity contribution in [2.75, 3.05) is 10.6 Å². The standard InChI is InChI=1S/C23H26N6O3S/c1-2-3-10-20(31)25-23-29-28-22(33-23)11-5-4-8-17-12-13-19(27-26-17)24-21(32)15-16-7-6-9-18(30)14-16/h2,6-7,9,12-14,30H,1,3-5,8,10-11,15H2,(H,24,27,32)(H,25,29,31). The lowest BCUT2D eigenvalue weighted by Gasteiger charge is -2.05. The highest BCUT2D eigenvalue weighted by atomic mass is 32.1. The van der Waals surface area contributed by atoms with Crippen LogP contribution in [0.15, 0.2) is 49.1 Å². The molecule has 3 N–H and O–H groups in total. The number of allylic oxidation sites excluding steroid dienone is 1. The molecule has 0 aliphatic carbocycles. The van der Waals surface area contributed by atoms with E-state index in [-0.39, 0.29) is 24.0 Å². The number of amides is 2. The molecule has 0 radical (unpaired) electrons. The van der Waals surface area contributed by atoms with Gasteiger partial charge in [0.2, 0.25) is 16.9 Å². The number of hydrogen-bond acceptors (Lipinski definition) is 8. The summed E-state index contributed by atoms with van der Waals surface area (Å²) in [5.41, 5.74) is 1.56. The van der Waals surface area contributed by atoms with Crippen molar-refractivity contribution in [3.8, 4) is 5.75 Å². The molecule has 0 bridgehead atoms. The Morgan fingerprint density at radius 1 is 1.00 bits per heavy atom. The minimum atomic E-state index is -0.226. The molecule has 0 fully saturated rings. The summed E-state index contributed by atoms with van der Waals surface area (Å²) in [5, 5.41) is 32.7. The van der Waals surface area contributed by atoms with Gasteiger partial charge < -0.3 is 15.7 Å². The highest BCUT2D eigenvalue weighted by Gasteiger charge is 2.09. The fraction of sp³-hybridized carbons (Fsp3) is 0.304. The number of carbonyl (C=O) groups excluding carboxylic acids is 2. The summed E-state index contributed by atoms with van der Waals surface area (Å²) in [6, 6.07) is 10.2. The molecule has 10 heteroatoms. The van der Waals surface area contributed by atoms with Crippen LogP contribution in [-0.4, -0.2) is 37.3 Å². The van der Waals surface area contributed by atoms with Crippen molar-refractivity contribution in [2.45, 2.75) is 44.9 Å². The number of carbonyl (C=O) groups is 2. The van der Waals surface area contributed by atoms with Gasteiger partial charge >= 0.3 is 0 Å². The molecule has 33 heavy (non-hydrogen) atoms. The molecule has 3 aromatic rings. The van der Waals surface area contributed by atoms with Crippen LogP contribution in [0.5, 0.6) is 5.75 Å². The summed E-state index contributed by atoms with van der Waals surface area (Å²) in [7, 11) is 0. The maximum Gasteiger partial charge on any atom is 0.229 e. The van der Waals surface area contributed by atoms with E-state index in [1.807, 2.05) is 6.07 Å². The third-order valence-electron chi connectivity index (χ3n) is 4.62. The van der Waals surface area contributed by atoms with Gasteiger partial charge in [-0.3, -0.25) is 9.59 Å². The maximum atomic E-state index is 12.1. The summed E-state index contributed by atoms with van der Waals surface area (Å²) < 4.78 is 0. The van der Waals surface area contributed by atoms with E-state index < -0.39 is 0 Å². The second-order valence-corrected chi connectivity index (χ2v) is 8.45. The van der Waals surface area contributed by atoms with Crippen molar-refractivity contribution in [2.24, 2.45) is 0 Å². The Labute approximate surface area is 196 Å². The van der Waals surface area contributed by atoms with Crippen LogP contribution in [0.25, 0.3) is 0 Å². The lowest BCUT2D eigenvalue weighted by atomic mass is 10.1. The van der Waals surface area contributed by atoms with Gasteiger partial charge in [0.05, 0.1) is 12.1 Å². The number of phenols is 1. The number of aromatic hydroxyl groups is 1. The van der Waals surface area contributed by atoms with Crippen molar-refractivity contribution in [3.63, 3.8) is 0 Å². The van der Waals surface area contributed by atoms with Crippen molar-refractivity contribution < 1.29 is 14.7 Å². The Morgan fingerprint density at radius 3 is 2.61 bits per heavy atom. The van der Waals surface area contributed by atoms with E-state index in [2.05, 4.69) is 37.6 Å². The zero-order valence-corrected chi connectivity index (χ0v) is 19.0. The van der Waals surface area contributed by atoms with Crippen LogP contribution in [0.3, 0.4) is 0 Å². The van der Waals surface area contributed by atoms with Crippen LogP contribution in [0.4, 0.5) is 10.9 Å². The van der Waals surface area contributed by atoms with Gasteiger partial charge in [0.25, 0.3) is 0 Å². The smallest absolute Gasteiger partial charge is 0.229 e. The van der Waals surface area contributed by atoms with Gasteiger partial charge in [-0.15, -0.1) is 21.9 Å². The highest BCUT2D eigenvalue weighted by molar-refractivity contribution is 7.15. The average Bonchev–Trinajstić information content (AvgIpc) is 3.23. The molecule has 0 aliphatic rings. The van der Waals surface area contributed by atoms with Crippen LogP contribution in [0.1, 0.15) is 41.9 Å². The third-order valence-corrected chi connectivity index (χ3v) is 5.52. The van der Waals surface area contributed by atoms with E-state index in [9.17, 15) is 14.7 Å². The van der Waals surface area contributed by atoms with E-state index in [1.54, 1.807) is 36.4 Å². The first-order valence-corrected chi connectivity index (χ1v) is 11.5. The van der Waals surface area contributed by atoms with Crippen LogP contribution >= 0.6 is 11.3 Å². The fourth-order valence-corrected chi connectivity index (χ4v) is 3.80. The maximum absolute atomic E-state index is 12.1. The van der Waals surface area contributed by atoms with Crippen molar-refractivity contribution in [1.29, 1.82) is 0 Å². The van der Waals surface area contributed by atoms with Gasteiger partial charge in [0, 0.05) is 12.8 Å². The van der Waals surface area contributed by atoms with Crippen LogP contribution in [0, 0.1) is 0 Å². The first-order valence-electron chi connectivity index (χ1n) is 10.7. The second kappa shape index (κ2) is 12.4. The molecular weight excluding hydrogens is 440 g/mol. The first kappa shape index (κ1) is 24.0. The molecule has 0 aliphatic heterocycles. The first-order chi connectivity index (χ1) is 16.0. The van der Waals surface area contributed by atoms with E-state index in [0.29, 0.717) is 23.8 Å². The molecule has 0 unspecified atom stereocenters. The summed E-state index contributed by atoms with van der Waals surface area (Å²) in [6.45, 7) is 3.60. The van der Waals surface area contributed by atoms with Crippen molar-refractivity contribution >= 4 is 34.1 Å². The summed E-state index contributed by atoms with van der Waals surface area (Å²) in [6.07, 6.45) is 6.21. The largest absolute Gasteiger partial charge is 0.508 e. The van der Waals surface area contributed by atoms with Gasteiger partial charge in [-0.05, 0) is 55.5 Å². The number of rotatable bonds is 12. The fourth-order valence-electron chi connectivity index (χ4n) is 3.00. The van der Waals surface area contributed by atoms with E-state index >= 15 is 0 Å². The number of hydrogen-bond donors (Lipinski definition) is 3. The molecule has 0 saturated heterocycles. The number of nitrogens with one attached hydrogen (secondary N) is 2. The molecule has 0 saturated carbocycles. The summed E-state index contributed by atoms with van der Waals surface area (Å²) >= 11 is 1.39. The van der Waals surface area contributed by atoms with E-state index in [0.717, 1.165) is 41.9 Å². The van der Waals surface area contributed by atoms with Crippen LogP contribution in [-0.2, 0) is 28.9 Å². The van der Waals surface area contributed by atoms with Crippen molar-refractivity contribution in [3.05, 3.63) is 65.3 Å². The molecular formula is C23H26N6O3S. The number of phenolic OH excluding ortho intramolecular Hbond substituents is 1. The Bertz CT molecular complexity index is 1080. The second-order valence-electron chi connectivity index (χ2n) is 7.39. The van der Waals surface area contributed by atoms with E-state index in [4.69, 9.17) is 0 Å². The minimum Gasteiger partial charge on any atom is -0.508 e. The molecule has 9 nitrogen and oxygen atoms in total. The Kier molecular flexibility index (Phi) is 9.01. The Balaban J connectivity index is 1.36. The minimum absolute atomic E-state index is 0.0878. The molecule has 2 amide bonds. The number of aromatic nitrogens is 4. The van der Waals surface area contributed by atoms with Crippen LogP contribution in [0.2, 0.25) is 0 Å². The predicted molar refractivity (Wildman–Crippen MR) is 127 cm³/mol. The number of nitrogens with zero attached hydrogens (tertiary/aromatic N) is 4. The normalized spacial score (nSPS) is 10.5. The zero-order valence-electron chi connectivity index (χ0n) is 18.2. The number of aryl methyl sites for hydroxylation is 2.